The SMILES string of the molecule is CC(C)[C@H](C)CBr. The number of hydrogen-bond acceptors (Lipinski definition) is 0. The second kappa shape index (κ2) is 3.48. The van der Waals surface area contributed by atoms with Gasteiger partial charge in [-0.05, 0) is 11.8 Å². The molecule has 0 aromatic heterocycles. The highest BCUT2D eigenvalue weighted by Gasteiger charge is 2.02. The molecule has 1 heteroatoms. The highest BCUT2D eigenvalue weighted by Crippen LogP contribution is 2.10. The Hall–Kier alpha value is 0.480. The first-order valence-electron chi connectivity index (χ1n) is 2.74. The van der Waals surface area contributed by atoms with E-state index in [1.54, 1.807) is 0 Å². The van der Waals surface area contributed by atoms with Gasteiger partial charge in [0, 0.05) is 5.33 Å². The van der Waals surface area contributed by atoms with E-state index in [9.17, 15) is 0 Å². The average molecular weight is 165 g/mol. The Balaban J connectivity index is 3.14. The zero-order valence-corrected chi connectivity index (χ0v) is 6.83. The number of halogens is 1. The molecule has 0 spiro atoms. The van der Waals surface area contributed by atoms with E-state index < -0.39 is 0 Å². The number of rotatable bonds is 2. The second-order valence-corrected chi connectivity index (χ2v) is 3.02. The molecule has 0 aliphatic rings. The molecule has 0 aliphatic heterocycles. The Morgan fingerprint density at radius 3 is 1.71 bits per heavy atom. The monoisotopic (exact) mass is 164 g/mol. The molecule has 44 valence electrons. The Kier molecular flexibility index (Phi) is 3.72. The van der Waals surface area contributed by atoms with Crippen LogP contribution >= 0.6 is 15.9 Å². The van der Waals surface area contributed by atoms with E-state index in [-0.39, 0.29) is 0 Å². The first kappa shape index (κ1) is 7.48. The van der Waals surface area contributed by atoms with Crippen LogP contribution in [0.1, 0.15) is 20.8 Å². The molecule has 0 fully saturated rings. The van der Waals surface area contributed by atoms with Crippen molar-refractivity contribution in [2.24, 2.45) is 11.8 Å². The van der Waals surface area contributed by atoms with Crippen molar-refractivity contribution in [2.75, 3.05) is 5.33 Å². The number of hydrogen-bond donors (Lipinski definition) is 0. The van der Waals surface area contributed by atoms with Crippen molar-refractivity contribution in [3.63, 3.8) is 0 Å². The third kappa shape index (κ3) is 3.10. The van der Waals surface area contributed by atoms with Crippen LogP contribution in [-0.4, -0.2) is 5.33 Å². The van der Waals surface area contributed by atoms with Crippen molar-refractivity contribution >= 4 is 15.9 Å². The second-order valence-electron chi connectivity index (χ2n) is 2.38. The molecule has 0 aliphatic carbocycles. The van der Waals surface area contributed by atoms with Gasteiger partial charge in [-0.2, -0.15) is 0 Å². The van der Waals surface area contributed by atoms with Crippen molar-refractivity contribution in [3.8, 4) is 0 Å². The van der Waals surface area contributed by atoms with E-state index in [1.165, 1.54) is 0 Å². The molecular weight excluding hydrogens is 152 g/mol. The predicted molar refractivity (Wildman–Crippen MR) is 37.8 cm³/mol. The Morgan fingerprint density at radius 1 is 1.29 bits per heavy atom. The summed E-state index contributed by atoms with van der Waals surface area (Å²) in [7, 11) is 0. The van der Waals surface area contributed by atoms with Gasteiger partial charge in [-0.1, -0.05) is 36.7 Å². The third-order valence-corrected chi connectivity index (χ3v) is 2.40. The minimum Gasteiger partial charge on any atom is -0.0925 e. The quantitative estimate of drug-likeness (QED) is 0.552. The van der Waals surface area contributed by atoms with E-state index in [0.29, 0.717) is 0 Å². The van der Waals surface area contributed by atoms with Crippen LogP contribution in [0.3, 0.4) is 0 Å². The van der Waals surface area contributed by atoms with E-state index in [1.807, 2.05) is 0 Å². The van der Waals surface area contributed by atoms with Gasteiger partial charge in [-0.15, -0.1) is 0 Å². The van der Waals surface area contributed by atoms with Crippen LogP contribution in [0.5, 0.6) is 0 Å². The van der Waals surface area contributed by atoms with Gasteiger partial charge in [-0.25, -0.2) is 0 Å². The van der Waals surface area contributed by atoms with Crippen LogP contribution in [0.15, 0.2) is 0 Å². The highest BCUT2D eigenvalue weighted by molar-refractivity contribution is 9.09. The number of alkyl halides is 1. The zero-order chi connectivity index (χ0) is 5.86. The van der Waals surface area contributed by atoms with Crippen molar-refractivity contribution in [3.05, 3.63) is 0 Å². The van der Waals surface area contributed by atoms with Gasteiger partial charge in [0.05, 0.1) is 0 Å². The molecule has 0 rings (SSSR count). The maximum Gasteiger partial charge on any atom is 0.00594 e. The summed E-state index contributed by atoms with van der Waals surface area (Å²) in [4.78, 5) is 0. The minimum atomic E-state index is 0.819. The van der Waals surface area contributed by atoms with Crippen LogP contribution in [0.2, 0.25) is 0 Å². The summed E-state index contributed by atoms with van der Waals surface area (Å²) >= 11 is 3.42. The molecule has 0 N–H and O–H groups in total. The molecule has 0 aromatic rings. The summed E-state index contributed by atoms with van der Waals surface area (Å²) in [5, 5.41) is 1.13. The largest absolute Gasteiger partial charge is 0.0925 e. The van der Waals surface area contributed by atoms with Gasteiger partial charge in [-0.3, -0.25) is 0 Å². The summed E-state index contributed by atoms with van der Waals surface area (Å²) in [6.07, 6.45) is 0. The Bertz CT molecular complexity index is 41.4. The lowest BCUT2D eigenvalue weighted by molar-refractivity contribution is 0.467. The molecule has 1 atom stereocenters. The first-order valence-corrected chi connectivity index (χ1v) is 3.86. The van der Waals surface area contributed by atoms with Gasteiger partial charge in [0.15, 0.2) is 0 Å². The first-order chi connectivity index (χ1) is 3.18. The van der Waals surface area contributed by atoms with Crippen molar-refractivity contribution in [1.82, 2.24) is 0 Å². The summed E-state index contributed by atoms with van der Waals surface area (Å²) in [6.45, 7) is 6.73. The van der Waals surface area contributed by atoms with Crippen molar-refractivity contribution in [2.45, 2.75) is 20.8 Å². The minimum absolute atomic E-state index is 0.819. The van der Waals surface area contributed by atoms with Gasteiger partial charge >= 0.3 is 0 Å². The van der Waals surface area contributed by atoms with Gasteiger partial charge < -0.3 is 0 Å². The van der Waals surface area contributed by atoms with E-state index in [4.69, 9.17) is 0 Å². The summed E-state index contributed by atoms with van der Waals surface area (Å²) < 4.78 is 0. The molecule has 7 heavy (non-hydrogen) atoms. The van der Waals surface area contributed by atoms with E-state index in [0.717, 1.165) is 17.2 Å². The average Bonchev–Trinajstić information content (AvgIpc) is 1.65. The molecule has 0 nitrogen and oxygen atoms in total. The zero-order valence-electron chi connectivity index (χ0n) is 5.24. The van der Waals surface area contributed by atoms with E-state index in [2.05, 4.69) is 36.7 Å². The molecule has 0 bridgehead atoms. The van der Waals surface area contributed by atoms with Crippen molar-refractivity contribution < 1.29 is 0 Å². The fourth-order valence-electron chi connectivity index (χ4n) is 0.178. The van der Waals surface area contributed by atoms with Crippen LogP contribution in [0, 0.1) is 11.8 Å². The van der Waals surface area contributed by atoms with Gasteiger partial charge in [0.25, 0.3) is 0 Å². The summed E-state index contributed by atoms with van der Waals surface area (Å²) in [5.74, 6) is 1.64. The van der Waals surface area contributed by atoms with Crippen LogP contribution in [0.4, 0.5) is 0 Å². The molecule has 0 amide bonds. The normalized spacial score (nSPS) is 15.0. The van der Waals surface area contributed by atoms with Crippen LogP contribution in [0.25, 0.3) is 0 Å². The van der Waals surface area contributed by atoms with Crippen LogP contribution in [-0.2, 0) is 0 Å². The lowest BCUT2D eigenvalue weighted by atomic mass is 10.0. The molecular formula is C6H13Br. The van der Waals surface area contributed by atoms with Crippen LogP contribution < -0.4 is 0 Å². The summed E-state index contributed by atoms with van der Waals surface area (Å²) in [5.41, 5.74) is 0. The Morgan fingerprint density at radius 2 is 1.71 bits per heavy atom. The maximum absolute atomic E-state index is 3.42. The maximum atomic E-state index is 3.42. The summed E-state index contributed by atoms with van der Waals surface area (Å²) in [6, 6.07) is 0. The fourth-order valence-corrected chi connectivity index (χ4v) is 0.926. The molecule has 0 saturated heterocycles. The standard InChI is InChI=1S/C6H13Br/c1-5(2)6(3)4-7/h5-6H,4H2,1-3H3/t6-/m1/s1. The lowest BCUT2D eigenvalue weighted by Crippen LogP contribution is -2.03. The smallest absolute Gasteiger partial charge is 0.00594 e. The van der Waals surface area contributed by atoms with Crippen molar-refractivity contribution in [1.29, 1.82) is 0 Å². The van der Waals surface area contributed by atoms with E-state index >= 15 is 0 Å². The molecule has 0 heterocycles. The molecule has 0 saturated carbocycles. The highest BCUT2D eigenvalue weighted by atomic mass is 79.9. The molecule has 0 radical (unpaired) electrons. The predicted octanol–water partition coefficient (Wildman–Crippen LogP) is 2.67. The van der Waals surface area contributed by atoms with Gasteiger partial charge in [0.1, 0.15) is 0 Å². The molecule has 0 unspecified atom stereocenters. The third-order valence-electron chi connectivity index (χ3n) is 1.38. The lowest BCUT2D eigenvalue weighted by Gasteiger charge is -2.09. The topological polar surface area (TPSA) is 0 Å². The fraction of sp³-hybridized carbons (Fsp3) is 1.00. The molecule has 0 aromatic carbocycles. The van der Waals surface area contributed by atoms with Gasteiger partial charge in [0.2, 0.25) is 0 Å². The Labute approximate surface area is 54.4 Å².